The molecule has 0 radical (unpaired) electrons. The number of rotatable bonds is 7. The quantitative estimate of drug-likeness (QED) is 0.809. The van der Waals surface area contributed by atoms with Crippen molar-refractivity contribution in [3.05, 3.63) is 11.9 Å². The average Bonchev–Trinajstić information content (AvgIpc) is 2.78. The van der Waals surface area contributed by atoms with E-state index in [2.05, 4.69) is 15.7 Å². The number of nitrogens with zero attached hydrogens (tertiary/aromatic N) is 2. The Morgan fingerprint density at radius 2 is 1.90 bits per heavy atom. The van der Waals surface area contributed by atoms with Crippen LogP contribution in [0.3, 0.4) is 0 Å². The lowest BCUT2D eigenvalue weighted by atomic mass is 10.0. The number of hydrogen-bond acceptors (Lipinski definition) is 3. The van der Waals surface area contributed by atoms with Crippen molar-refractivity contribution in [3.8, 4) is 0 Å². The number of hydrogen-bond donors (Lipinski definition) is 2. The normalized spacial score (nSPS) is 11.0. The van der Waals surface area contributed by atoms with Gasteiger partial charge in [0.2, 0.25) is 5.91 Å². The molecule has 0 aromatic carbocycles. The molecule has 2 N–H and O–H groups in total. The number of anilines is 1. The standard InChI is InChI=1S/C15H26N4O2/c1-6-11(7-2)14(20)18-12-9-17-19(5)13(12)15(21)16-8-10(3)4/h9-11H,6-8H2,1-5H3,(H,16,21)(H,18,20). The van der Waals surface area contributed by atoms with Crippen molar-refractivity contribution in [2.75, 3.05) is 11.9 Å². The Kier molecular flexibility index (Phi) is 6.39. The van der Waals surface area contributed by atoms with Gasteiger partial charge in [-0.1, -0.05) is 27.7 Å². The molecule has 118 valence electrons. The minimum atomic E-state index is -0.219. The SMILES string of the molecule is CCC(CC)C(=O)Nc1cnn(C)c1C(=O)NCC(C)C. The molecule has 0 saturated heterocycles. The summed E-state index contributed by atoms with van der Waals surface area (Å²) in [5.41, 5.74) is 0.852. The first-order valence-electron chi connectivity index (χ1n) is 7.51. The number of carbonyl (C=O) groups excluding carboxylic acids is 2. The maximum atomic E-state index is 12.2. The van der Waals surface area contributed by atoms with Gasteiger partial charge in [-0.3, -0.25) is 14.3 Å². The molecule has 0 unspecified atom stereocenters. The van der Waals surface area contributed by atoms with E-state index in [4.69, 9.17) is 0 Å². The second-order valence-corrected chi connectivity index (χ2v) is 5.64. The third-order valence-electron chi connectivity index (χ3n) is 3.44. The molecule has 0 spiro atoms. The lowest BCUT2D eigenvalue weighted by Gasteiger charge is -2.13. The van der Waals surface area contributed by atoms with Crippen LogP contribution in [0.25, 0.3) is 0 Å². The summed E-state index contributed by atoms with van der Waals surface area (Å²) in [6.45, 7) is 8.60. The maximum Gasteiger partial charge on any atom is 0.271 e. The number of aromatic nitrogens is 2. The number of amides is 2. The average molecular weight is 294 g/mol. The van der Waals surface area contributed by atoms with E-state index >= 15 is 0 Å². The van der Waals surface area contributed by atoms with Crippen LogP contribution in [0.15, 0.2) is 6.20 Å². The Morgan fingerprint density at radius 1 is 1.29 bits per heavy atom. The summed E-state index contributed by atoms with van der Waals surface area (Å²) in [6, 6.07) is 0. The van der Waals surface area contributed by atoms with Crippen LogP contribution in [0.1, 0.15) is 51.0 Å². The summed E-state index contributed by atoms with van der Waals surface area (Å²) in [6.07, 6.45) is 3.07. The van der Waals surface area contributed by atoms with Crippen molar-refractivity contribution in [2.24, 2.45) is 18.9 Å². The first kappa shape index (κ1) is 17.2. The van der Waals surface area contributed by atoms with E-state index in [9.17, 15) is 9.59 Å². The minimum Gasteiger partial charge on any atom is -0.350 e. The van der Waals surface area contributed by atoms with Crippen LogP contribution in [0.5, 0.6) is 0 Å². The maximum absolute atomic E-state index is 12.2. The lowest BCUT2D eigenvalue weighted by Crippen LogP contribution is -2.30. The summed E-state index contributed by atoms with van der Waals surface area (Å²) in [5.74, 6) is 0.0380. The molecule has 1 heterocycles. The third kappa shape index (κ3) is 4.58. The van der Waals surface area contributed by atoms with Crippen molar-refractivity contribution in [3.63, 3.8) is 0 Å². The molecule has 6 heteroatoms. The summed E-state index contributed by atoms with van der Waals surface area (Å²) in [7, 11) is 1.69. The molecule has 0 fully saturated rings. The zero-order valence-electron chi connectivity index (χ0n) is 13.6. The highest BCUT2D eigenvalue weighted by atomic mass is 16.2. The highest BCUT2D eigenvalue weighted by Crippen LogP contribution is 2.17. The molecule has 6 nitrogen and oxygen atoms in total. The second-order valence-electron chi connectivity index (χ2n) is 5.64. The molecule has 0 aliphatic heterocycles. The Hall–Kier alpha value is -1.85. The van der Waals surface area contributed by atoms with E-state index in [0.29, 0.717) is 23.8 Å². The van der Waals surface area contributed by atoms with Crippen molar-refractivity contribution < 1.29 is 9.59 Å². The molecule has 21 heavy (non-hydrogen) atoms. The molecular weight excluding hydrogens is 268 g/mol. The van der Waals surface area contributed by atoms with Crippen molar-refractivity contribution >= 4 is 17.5 Å². The molecule has 1 aromatic rings. The number of nitrogens with one attached hydrogen (secondary N) is 2. The largest absolute Gasteiger partial charge is 0.350 e. The van der Waals surface area contributed by atoms with Crippen LogP contribution in [-0.4, -0.2) is 28.1 Å². The topological polar surface area (TPSA) is 76.0 Å². The Morgan fingerprint density at radius 3 is 2.43 bits per heavy atom. The molecule has 1 aromatic heterocycles. The first-order chi connectivity index (χ1) is 9.90. The van der Waals surface area contributed by atoms with Gasteiger partial charge in [-0.25, -0.2) is 0 Å². The molecule has 0 bridgehead atoms. The fraction of sp³-hybridized carbons (Fsp3) is 0.667. The van der Waals surface area contributed by atoms with Gasteiger partial charge >= 0.3 is 0 Å². The smallest absolute Gasteiger partial charge is 0.271 e. The van der Waals surface area contributed by atoms with Crippen LogP contribution in [-0.2, 0) is 11.8 Å². The van der Waals surface area contributed by atoms with E-state index in [-0.39, 0.29) is 17.7 Å². The Balaban J connectivity index is 2.85. The zero-order chi connectivity index (χ0) is 16.0. The van der Waals surface area contributed by atoms with Gasteiger partial charge in [-0.15, -0.1) is 0 Å². The van der Waals surface area contributed by atoms with Gasteiger partial charge in [0.15, 0.2) is 0 Å². The fourth-order valence-corrected chi connectivity index (χ4v) is 2.07. The van der Waals surface area contributed by atoms with E-state index in [0.717, 1.165) is 12.8 Å². The van der Waals surface area contributed by atoms with Crippen LogP contribution >= 0.6 is 0 Å². The van der Waals surface area contributed by atoms with Crippen LogP contribution < -0.4 is 10.6 Å². The number of aryl methyl sites for hydroxylation is 1. The molecule has 2 amide bonds. The van der Waals surface area contributed by atoms with E-state index in [1.165, 1.54) is 10.9 Å². The predicted octanol–water partition coefficient (Wildman–Crippen LogP) is 2.18. The van der Waals surface area contributed by atoms with Gasteiger partial charge in [0.25, 0.3) is 5.91 Å². The molecule has 0 atom stereocenters. The van der Waals surface area contributed by atoms with E-state index in [1.54, 1.807) is 7.05 Å². The van der Waals surface area contributed by atoms with Gasteiger partial charge < -0.3 is 10.6 Å². The summed E-state index contributed by atoms with van der Waals surface area (Å²) >= 11 is 0. The number of carbonyl (C=O) groups is 2. The molecular formula is C15H26N4O2. The summed E-state index contributed by atoms with van der Waals surface area (Å²) in [5, 5.41) is 9.73. The van der Waals surface area contributed by atoms with Crippen LogP contribution in [0.4, 0.5) is 5.69 Å². The van der Waals surface area contributed by atoms with E-state index < -0.39 is 0 Å². The summed E-state index contributed by atoms with van der Waals surface area (Å²) in [4.78, 5) is 24.4. The van der Waals surface area contributed by atoms with Gasteiger partial charge in [0.05, 0.1) is 11.9 Å². The lowest BCUT2D eigenvalue weighted by molar-refractivity contribution is -0.120. The Labute approximate surface area is 126 Å². The highest BCUT2D eigenvalue weighted by molar-refractivity contribution is 6.02. The highest BCUT2D eigenvalue weighted by Gasteiger charge is 2.21. The monoisotopic (exact) mass is 294 g/mol. The van der Waals surface area contributed by atoms with E-state index in [1.807, 2.05) is 27.7 Å². The van der Waals surface area contributed by atoms with Crippen molar-refractivity contribution in [1.29, 1.82) is 0 Å². The minimum absolute atomic E-state index is 0.0446. The van der Waals surface area contributed by atoms with Crippen molar-refractivity contribution in [1.82, 2.24) is 15.1 Å². The van der Waals surface area contributed by atoms with Crippen LogP contribution in [0.2, 0.25) is 0 Å². The third-order valence-corrected chi connectivity index (χ3v) is 3.44. The van der Waals surface area contributed by atoms with Crippen LogP contribution in [0, 0.1) is 11.8 Å². The zero-order valence-corrected chi connectivity index (χ0v) is 13.6. The first-order valence-corrected chi connectivity index (χ1v) is 7.51. The predicted molar refractivity (Wildman–Crippen MR) is 83.1 cm³/mol. The Bertz CT molecular complexity index is 490. The van der Waals surface area contributed by atoms with Crippen molar-refractivity contribution in [2.45, 2.75) is 40.5 Å². The van der Waals surface area contributed by atoms with Gasteiger partial charge in [-0.05, 0) is 18.8 Å². The molecule has 0 aliphatic rings. The van der Waals surface area contributed by atoms with Gasteiger partial charge in [-0.2, -0.15) is 5.10 Å². The fourth-order valence-electron chi connectivity index (χ4n) is 2.07. The van der Waals surface area contributed by atoms with Gasteiger partial charge in [0, 0.05) is 19.5 Å². The molecule has 1 rings (SSSR count). The second kappa shape index (κ2) is 7.81. The molecule has 0 aliphatic carbocycles. The van der Waals surface area contributed by atoms with Gasteiger partial charge in [0.1, 0.15) is 5.69 Å². The molecule has 0 saturated carbocycles. The summed E-state index contributed by atoms with van der Waals surface area (Å²) < 4.78 is 1.48.